The number of benzene rings is 1. The fourth-order valence-corrected chi connectivity index (χ4v) is 2.35. The topological polar surface area (TPSA) is 42.2 Å². The van der Waals surface area contributed by atoms with Gasteiger partial charge in [0.15, 0.2) is 0 Å². The lowest BCUT2D eigenvalue weighted by molar-refractivity contribution is -0.137. The van der Waals surface area contributed by atoms with Crippen molar-refractivity contribution in [1.29, 1.82) is 0 Å². The van der Waals surface area contributed by atoms with Crippen LogP contribution < -0.4 is 0 Å². The van der Waals surface area contributed by atoms with Crippen molar-refractivity contribution in [2.75, 3.05) is 0 Å². The van der Waals surface area contributed by atoms with Crippen molar-refractivity contribution in [2.24, 2.45) is 7.05 Å². The highest BCUT2D eigenvalue weighted by Gasteiger charge is 2.12. The highest BCUT2D eigenvalue weighted by Crippen LogP contribution is 2.27. The normalized spacial score (nSPS) is 11.1. The van der Waals surface area contributed by atoms with Crippen LogP contribution in [0.3, 0.4) is 0 Å². The maximum absolute atomic E-state index is 13.3. The number of aryl methyl sites for hydroxylation is 2. The monoisotopic (exact) mass is 249 g/mol. The standard InChI is InChI=1S/C14H16FNO2/c1-9-11(4-3-5-14(17)18)12-8-10(15)6-7-13(12)16(9)2/h6-8H,3-5H2,1-2H3,(H,17,18). The lowest BCUT2D eigenvalue weighted by Gasteiger charge is -2.01. The number of hydrogen-bond donors (Lipinski definition) is 1. The number of rotatable bonds is 4. The van der Waals surface area contributed by atoms with Crippen molar-refractivity contribution in [1.82, 2.24) is 4.57 Å². The van der Waals surface area contributed by atoms with E-state index in [1.807, 2.05) is 18.5 Å². The molecule has 0 saturated carbocycles. The van der Waals surface area contributed by atoms with E-state index in [9.17, 15) is 9.18 Å². The molecule has 3 nitrogen and oxygen atoms in total. The van der Waals surface area contributed by atoms with Crippen LogP contribution in [0.2, 0.25) is 0 Å². The van der Waals surface area contributed by atoms with E-state index < -0.39 is 5.97 Å². The molecule has 96 valence electrons. The Morgan fingerprint density at radius 3 is 2.83 bits per heavy atom. The maximum Gasteiger partial charge on any atom is 0.303 e. The summed E-state index contributed by atoms with van der Waals surface area (Å²) in [4.78, 5) is 10.5. The Morgan fingerprint density at radius 2 is 2.17 bits per heavy atom. The van der Waals surface area contributed by atoms with Gasteiger partial charge in [-0.1, -0.05) is 0 Å². The Morgan fingerprint density at radius 1 is 1.44 bits per heavy atom. The summed E-state index contributed by atoms with van der Waals surface area (Å²) in [5.41, 5.74) is 3.11. The summed E-state index contributed by atoms with van der Waals surface area (Å²) in [5.74, 6) is -1.05. The van der Waals surface area contributed by atoms with Gasteiger partial charge in [-0.2, -0.15) is 0 Å². The van der Waals surface area contributed by atoms with Crippen LogP contribution in [0.4, 0.5) is 4.39 Å². The molecule has 0 bridgehead atoms. The Hall–Kier alpha value is -1.84. The van der Waals surface area contributed by atoms with Crippen molar-refractivity contribution in [2.45, 2.75) is 26.2 Å². The number of halogens is 1. The van der Waals surface area contributed by atoms with Crippen LogP contribution in [0.15, 0.2) is 18.2 Å². The fraction of sp³-hybridized carbons (Fsp3) is 0.357. The molecule has 0 spiro atoms. The number of aromatic nitrogens is 1. The molecule has 2 aromatic rings. The second-order valence-corrected chi connectivity index (χ2v) is 4.53. The van der Waals surface area contributed by atoms with Crippen LogP contribution in [0, 0.1) is 12.7 Å². The van der Waals surface area contributed by atoms with Crippen LogP contribution in [0.25, 0.3) is 10.9 Å². The van der Waals surface area contributed by atoms with Gasteiger partial charge in [0.1, 0.15) is 5.82 Å². The molecule has 0 radical (unpaired) electrons. The minimum atomic E-state index is -0.793. The summed E-state index contributed by atoms with van der Waals surface area (Å²) in [6.07, 6.45) is 1.38. The summed E-state index contributed by atoms with van der Waals surface area (Å²) in [6.45, 7) is 1.98. The molecule has 18 heavy (non-hydrogen) atoms. The van der Waals surface area contributed by atoms with E-state index in [1.165, 1.54) is 12.1 Å². The van der Waals surface area contributed by atoms with Gasteiger partial charge < -0.3 is 9.67 Å². The third kappa shape index (κ3) is 2.23. The SMILES string of the molecule is Cc1c(CCCC(=O)O)c2cc(F)ccc2n1C. The van der Waals surface area contributed by atoms with Gasteiger partial charge in [-0.3, -0.25) is 4.79 Å². The quantitative estimate of drug-likeness (QED) is 0.905. The van der Waals surface area contributed by atoms with Crippen LogP contribution in [-0.2, 0) is 18.3 Å². The fourth-order valence-electron chi connectivity index (χ4n) is 2.35. The highest BCUT2D eigenvalue weighted by molar-refractivity contribution is 5.85. The predicted octanol–water partition coefficient (Wildman–Crippen LogP) is 3.03. The number of carboxylic acids is 1. The molecule has 0 aliphatic heterocycles. The van der Waals surface area contributed by atoms with Crippen LogP contribution >= 0.6 is 0 Å². The molecule has 0 unspecified atom stereocenters. The maximum atomic E-state index is 13.3. The molecular weight excluding hydrogens is 233 g/mol. The molecule has 0 fully saturated rings. The smallest absolute Gasteiger partial charge is 0.303 e. The third-order valence-electron chi connectivity index (χ3n) is 3.40. The average molecular weight is 249 g/mol. The molecule has 1 N–H and O–H groups in total. The molecule has 1 heterocycles. The van der Waals surface area contributed by atoms with E-state index in [0.717, 1.165) is 22.2 Å². The first kappa shape index (κ1) is 12.6. The number of nitrogens with zero attached hydrogens (tertiary/aromatic N) is 1. The van der Waals surface area contributed by atoms with Crippen LogP contribution in [0.5, 0.6) is 0 Å². The summed E-state index contributed by atoms with van der Waals surface area (Å²) in [7, 11) is 1.94. The molecule has 1 aromatic heterocycles. The Labute approximate surface area is 105 Å². The van der Waals surface area contributed by atoms with E-state index in [4.69, 9.17) is 5.11 Å². The summed E-state index contributed by atoms with van der Waals surface area (Å²) in [6, 6.07) is 4.74. The van der Waals surface area contributed by atoms with Gasteiger partial charge in [0.2, 0.25) is 0 Å². The largest absolute Gasteiger partial charge is 0.481 e. The van der Waals surface area contributed by atoms with E-state index in [-0.39, 0.29) is 12.2 Å². The molecule has 0 aliphatic carbocycles. The zero-order chi connectivity index (χ0) is 13.3. The summed E-state index contributed by atoms with van der Waals surface area (Å²) < 4.78 is 15.3. The lowest BCUT2D eigenvalue weighted by Crippen LogP contribution is -1.97. The van der Waals surface area contributed by atoms with Crippen molar-refractivity contribution in [3.05, 3.63) is 35.3 Å². The third-order valence-corrected chi connectivity index (χ3v) is 3.40. The van der Waals surface area contributed by atoms with E-state index in [1.54, 1.807) is 6.07 Å². The zero-order valence-electron chi connectivity index (χ0n) is 10.5. The summed E-state index contributed by atoms with van der Waals surface area (Å²) >= 11 is 0. The first-order valence-electron chi connectivity index (χ1n) is 5.96. The summed E-state index contributed by atoms with van der Waals surface area (Å²) in [5, 5.41) is 9.55. The molecule has 0 amide bonds. The number of carbonyl (C=O) groups is 1. The number of aliphatic carboxylic acids is 1. The Balaban J connectivity index is 2.39. The van der Waals surface area contributed by atoms with Crippen molar-refractivity contribution in [3.8, 4) is 0 Å². The minimum absolute atomic E-state index is 0.144. The van der Waals surface area contributed by atoms with Crippen LogP contribution in [-0.4, -0.2) is 15.6 Å². The van der Waals surface area contributed by atoms with Gasteiger partial charge in [0.05, 0.1) is 0 Å². The molecule has 1 aromatic carbocycles. The van der Waals surface area contributed by atoms with Crippen LogP contribution in [0.1, 0.15) is 24.1 Å². The number of carboxylic acid groups (broad SMARTS) is 1. The molecular formula is C14H16FNO2. The van der Waals surface area contributed by atoms with Gasteiger partial charge in [0.25, 0.3) is 0 Å². The van der Waals surface area contributed by atoms with Gasteiger partial charge in [-0.15, -0.1) is 0 Å². The minimum Gasteiger partial charge on any atom is -0.481 e. The molecule has 0 atom stereocenters. The highest BCUT2D eigenvalue weighted by atomic mass is 19.1. The van der Waals surface area contributed by atoms with E-state index in [0.29, 0.717) is 12.8 Å². The lowest BCUT2D eigenvalue weighted by atomic mass is 10.0. The van der Waals surface area contributed by atoms with E-state index in [2.05, 4.69) is 0 Å². The number of fused-ring (bicyclic) bond motifs is 1. The second-order valence-electron chi connectivity index (χ2n) is 4.53. The van der Waals surface area contributed by atoms with E-state index >= 15 is 0 Å². The van der Waals surface area contributed by atoms with Crippen molar-refractivity contribution < 1.29 is 14.3 Å². The van der Waals surface area contributed by atoms with Gasteiger partial charge in [-0.05, 0) is 43.5 Å². The Bertz CT molecular complexity index is 601. The Kier molecular flexibility index (Phi) is 3.36. The second kappa shape index (κ2) is 4.80. The van der Waals surface area contributed by atoms with Gasteiger partial charge >= 0.3 is 5.97 Å². The van der Waals surface area contributed by atoms with Crippen molar-refractivity contribution in [3.63, 3.8) is 0 Å². The van der Waals surface area contributed by atoms with Gasteiger partial charge in [0, 0.05) is 30.1 Å². The molecule has 2 rings (SSSR count). The zero-order valence-corrected chi connectivity index (χ0v) is 10.5. The first-order valence-corrected chi connectivity index (χ1v) is 5.96. The average Bonchev–Trinajstić information content (AvgIpc) is 2.53. The molecule has 4 heteroatoms. The molecule has 0 aliphatic rings. The van der Waals surface area contributed by atoms with Gasteiger partial charge in [-0.25, -0.2) is 4.39 Å². The predicted molar refractivity (Wildman–Crippen MR) is 68.2 cm³/mol. The molecule has 0 saturated heterocycles. The van der Waals surface area contributed by atoms with Crippen molar-refractivity contribution >= 4 is 16.9 Å². The first-order chi connectivity index (χ1) is 8.50. The number of hydrogen-bond acceptors (Lipinski definition) is 1.